The van der Waals surface area contributed by atoms with Crippen molar-refractivity contribution in [2.45, 2.75) is 31.3 Å². The molecule has 2 saturated heterocycles. The summed E-state index contributed by atoms with van der Waals surface area (Å²) in [5, 5.41) is 18.3. The van der Waals surface area contributed by atoms with Crippen LogP contribution in [0.25, 0.3) is 11.0 Å². The van der Waals surface area contributed by atoms with Crippen molar-refractivity contribution < 1.29 is 9.53 Å². The van der Waals surface area contributed by atoms with Gasteiger partial charge in [0.1, 0.15) is 0 Å². The van der Waals surface area contributed by atoms with Crippen molar-refractivity contribution in [1.82, 2.24) is 20.1 Å². The van der Waals surface area contributed by atoms with E-state index < -0.39 is 5.91 Å². The molecular formula is C19H25N7O2. The number of H-pyrrole nitrogens is 1. The van der Waals surface area contributed by atoms with Crippen LogP contribution >= 0.6 is 0 Å². The summed E-state index contributed by atoms with van der Waals surface area (Å²) < 4.78 is 5.46. The normalized spacial score (nSPS) is 24.5. The number of fused-ring (bicyclic) bond motifs is 1. The quantitative estimate of drug-likeness (QED) is 0.785. The summed E-state index contributed by atoms with van der Waals surface area (Å²) in [4.78, 5) is 19.6. The summed E-state index contributed by atoms with van der Waals surface area (Å²) in [7, 11) is 1.98. The molecule has 0 aliphatic carbocycles. The lowest BCUT2D eigenvalue weighted by Gasteiger charge is -2.53. The number of primary amides is 1. The number of nitrogens with one attached hydrogen (secondary N) is 1. The van der Waals surface area contributed by atoms with Gasteiger partial charge in [-0.15, -0.1) is 10.2 Å². The lowest BCUT2D eigenvalue weighted by atomic mass is 9.84. The molecule has 148 valence electrons. The number of hydrogen-bond acceptors (Lipinski definition) is 7. The van der Waals surface area contributed by atoms with E-state index in [1.165, 1.54) is 0 Å². The summed E-state index contributed by atoms with van der Waals surface area (Å²) in [6.07, 6.45) is 3.25. The smallest absolute Gasteiger partial charge is 0.271 e. The third-order valence-electron chi connectivity index (χ3n) is 6.28. The minimum atomic E-state index is -0.592. The van der Waals surface area contributed by atoms with Gasteiger partial charge < -0.3 is 20.4 Å². The number of rotatable bonds is 5. The van der Waals surface area contributed by atoms with E-state index in [0.29, 0.717) is 36.9 Å². The number of carbonyl (C=O) groups is 1. The zero-order valence-electron chi connectivity index (χ0n) is 16.2. The average molecular weight is 383 g/mol. The molecule has 0 aromatic carbocycles. The molecule has 4 heterocycles. The van der Waals surface area contributed by atoms with Crippen LogP contribution in [0.15, 0.2) is 12.3 Å². The molecule has 2 unspecified atom stereocenters. The SMILES string of the molecule is CC1CCN(C2(CC#N)COC2)CC1N(C)c1c(C(N)=O)nnc2[nH]ccc12. The van der Waals surface area contributed by atoms with E-state index >= 15 is 0 Å². The Balaban J connectivity index is 1.69. The van der Waals surface area contributed by atoms with Gasteiger partial charge in [-0.1, -0.05) is 6.92 Å². The molecule has 0 radical (unpaired) electrons. The summed E-state index contributed by atoms with van der Waals surface area (Å²) >= 11 is 0. The standard InChI is InChI=1S/C19H25N7O2/c1-12-4-8-26(19(5-6-20)10-28-11-19)9-14(12)25(2)16-13-3-7-22-18(13)24-23-15(16)17(21)27/h3,7,12,14H,4-5,8-11H2,1-2H3,(H2,21,27)(H,22,24). The van der Waals surface area contributed by atoms with Crippen LogP contribution in [0.5, 0.6) is 0 Å². The minimum absolute atomic E-state index is 0.144. The van der Waals surface area contributed by atoms with E-state index in [9.17, 15) is 10.1 Å². The number of likely N-dealkylation sites (tertiary alicyclic amines) is 1. The van der Waals surface area contributed by atoms with Crippen LogP contribution < -0.4 is 10.6 Å². The Bertz CT molecular complexity index is 930. The van der Waals surface area contributed by atoms with Crippen LogP contribution in [0.3, 0.4) is 0 Å². The van der Waals surface area contributed by atoms with E-state index in [1.807, 2.05) is 13.1 Å². The highest BCUT2D eigenvalue weighted by Gasteiger charge is 2.47. The Morgan fingerprint density at radius 3 is 2.96 bits per heavy atom. The summed E-state index contributed by atoms with van der Waals surface area (Å²) in [6, 6.07) is 4.36. The first-order chi connectivity index (χ1) is 13.5. The molecule has 9 heteroatoms. The first-order valence-electron chi connectivity index (χ1n) is 9.53. The van der Waals surface area contributed by atoms with Crippen LogP contribution in [-0.2, 0) is 4.74 Å². The van der Waals surface area contributed by atoms with Crippen molar-refractivity contribution in [3.8, 4) is 6.07 Å². The largest absolute Gasteiger partial charge is 0.377 e. The van der Waals surface area contributed by atoms with E-state index in [2.05, 4.69) is 38.0 Å². The highest BCUT2D eigenvalue weighted by Crippen LogP contribution is 2.36. The molecule has 3 N–H and O–H groups in total. The molecule has 2 aromatic heterocycles. The number of nitriles is 1. The Morgan fingerprint density at radius 1 is 1.54 bits per heavy atom. The zero-order chi connectivity index (χ0) is 19.9. The van der Waals surface area contributed by atoms with Gasteiger partial charge in [-0.25, -0.2) is 0 Å². The maximum absolute atomic E-state index is 12.0. The topological polar surface area (TPSA) is 124 Å². The van der Waals surface area contributed by atoms with Gasteiger partial charge in [0.25, 0.3) is 5.91 Å². The predicted octanol–water partition coefficient (Wildman–Crippen LogP) is 0.886. The van der Waals surface area contributed by atoms with Gasteiger partial charge in [0.05, 0.1) is 36.9 Å². The van der Waals surface area contributed by atoms with Gasteiger partial charge in [-0.05, 0) is 24.9 Å². The second-order valence-corrected chi connectivity index (χ2v) is 7.94. The third kappa shape index (κ3) is 2.89. The monoisotopic (exact) mass is 383 g/mol. The Morgan fingerprint density at radius 2 is 2.32 bits per heavy atom. The molecular weight excluding hydrogens is 358 g/mol. The highest BCUT2D eigenvalue weighted by atomic mass is 16.5. The van der Waals surface area contributed by atoms with Crippen LogP contribution in [0.4, 0.5) is 5.69 Å². The van der Waals surface area contributed by atoms with Crippen molar-refractivity contribution in [3.63, 3.8) is 0 Å². The van der Waals surface area contributed by atoms with Gasteiger partial charge in [0.15, 0.2) is 11.3 Å². The Hall–Kier alpha value is -2.70. The van der Waals surface area contributed by atoms with Crippen molar-refractivity contribution in [2.24, 2.45) is 11.7 Å². The predicted molar refractivity (Wildman–Crippen MR) is 104 cm³/mol. The molecule has 2 aliphatic heterocycles. The molecule has 0 bridgehead atoms. The number of nitrogens with zero attached hydrogens (tertiary/aromatic N) is 5. The van der Waals surface area contributed by atoms with Crippen molar-refractivity contribution in [1.29, 1.82) is 5.26 Å². The minimum Gasteiger partial charge on any atom is -0.377 e. The van der Waals surface area contributed by atoms with Gasteiger partial charge in [0.2, 0.25) is 0 Å². The molecule has 0 saturated carbocycles. The number of anilines is 1. The molecule has 2 aromatic rings. The number of piperidine rings is 1. The van der Waals surface area contributed by atoms with Gasteiger partial charge in [-0.2, -0.15) is 5.26 Å². The number of hydrogen-bond donors (Lipinski definition) is 2. The van der Waals surface area contributed by atoms with Gasteiger partial charge in [0, 0.05) is 31.2 Å². The van der Waals surface area contributed by atoms with E-state index in [0.717, 1.165) is 24.9 Å². The van der Waals surface area contributed by atoms with E-state index in [-0.39, 0.29) is 17.3 Å². The van der Waals surface area contributed by atoms with Crippen molar-refractivity contribution in [2.75, 3.05) is 38.3 Å². The fourth-order valence-corrected chi connectivity index (χ4v) is 4.46. The molecule has 28 heavy (non-hydrogen) atoms. The van der Waals surface area contributed by atoms with Crippen LogP contribution in [-0.4, -0.2) is 70.9 Å². The molecule has 2 atom stereocenters. The van der Waals surface area contributed by atoms with Gasteiger partial charge >= 0.3 is 0 Å². The second-order valence-electron chi connectivity index (χ2n) is 7.94. The Kier molecular flexibility index (Phi) is 4.69. The zero-order valence-corrected chi connectivity index (χ0v) is 16.2. The highest BCUT2D eigenvalue weighted by molar-refractivity contribution is 6.04. The van der Waals surface area contributed by atoms with E-state index in [4.69, 9.17) is 10.5 Å². The number of nitrogens with two attached hydrogens (primary N) is 1. The average Bonchev–Trinajstić information content (AvgIpc) is 3.12. The number of aromatic amines is 1. The maximum atomic E-state index is 12.0. The molecule has 9 nitrogen and oxygen atoms in total. The van der Waals surface area contributed by atoms with Gasteiger partial charge in [-0.3, -0.25) is 9.69 Å². The Labute approximate surface area is 163 Å². The second kappa shape index (κ2) is 7.04. The molecule has 2 aliphatic rings. The molecule has 2 fully saturated rings. The van der Waals surface area contributed by atoms with E-state index in [1.54, 1.807) is 6.20 Å². The van der Waals surface area contributed by atoms with Crippen LogP contribution in [0, 0.1) is 17.2 Å². The number of aromatic nitrogens is 3. The summed E-state index contributed by atoms with van der Waals surface area (Å²) in [6.45, 7) is 5.13. The summed E-state index contributed by atoms with van der Waals surface area (Å²) in [5.74, 6) is -0.185. The lowest BCUT2D eigenvalue weighted by Crippen LogP contribution is -2.67. The summed E-state index contributed by atoms with van der Waals surface area (Å²) in [5.41, 5.74) is 6.92. The fourth-order valence-electron chi connectivity index (χ4n) is 4.46. The first kappa shape index (κ1) is 18.7. The fraction of sp³-hybridized carbons (Fsp3) is 0.579. The number of likely N-dealkylation sites (N-methyl/N-ethyl adjacent to an activating group) is 1. The molecule has 1 amide bonds. The first-order valence-corrected chi connectivity index (χ1v) is 9.53. The van der Waals surface area contributed by atoms with Crippen LogP contribution in [0.1, 0.15) is 30.3 Å². The number of ether oxygens (including phenoxy) is 1. The third-order valence-corrected chi connectivity index (χ3v) is 6.28. The molecule has 4 rings (SSSR count). The van der Waals surface area contributed by atoms with Crippen molar-refractivity contribution in [3.05, 3.63) is 18.0 Å². The lowest BCUT2D eigenvalue weighted by molar-refractivity contribution is -0.147. The maximum Gasteiger partial charge on any atom is 0.271 e. The van der Waals surface area contributed by atoms with Crippen molar-refractivity contribution >= 4 is 22.6 Å². The molecule has 0 spiro atoms. The van der Waals surface area contributed by atoms with Crippen LogP contribution in [0.2, 0.25) is 0 Å². The number of amides is 1. The number of carbonyl (C=O) groups excluding carboxylic acids is 1.